The smallest absolute Gasteiger partial charge is 0.167 e. The molecule has 0 spiro atoms. The second-order valence-corrected chi connectivity index (χ2v) is 11.7. The Kier molecular flexibility index (Phi) is 14.4. The molecule has 2 atom stereocenters. The molecular weight excluding hydrogens is 432 g/mol. The first-order valence-corrected chi connectivity index (χ1v) is 14.2. The Morgan fingerprint density at radius 2 is 1.23 bits per heavy atom. The van der Waals surface area contributed by atoms with Gasteiger partial charge in [-0.2, -0.15) is 0 Å². The zero-order valence-electron chi connectivity index (χ0n) is 24.1. The van der Waals surface area contributed by atoms with Gasteiger partial charge in [0.05, 0.1) is 5.56 Å². The summed E-state index contributed by atoms with van der Waals surface area (Å²) >= 11 is 0. The lowest BCUT2D eigenvalue weighted by Crippen LogP contribution is -2.05. The Morgan fingerprint density at radius 3 is 1.80 bits per heavy atom. The van der Waals surface area contributed by atoms with Crippen molar-refractivity contribution in [3.63, 3.8) is 0 Å². The van der Waals surface area contributed by atoms with Gasteiger partial charge >= 0.3 is 0 Å². The van der Waals surface area contributed by atoms with Gasteiger partial charge in [0.25, 0.3) is 0 Å². The summed E-state index contributed by atoms with van der Waals surface area (Å²) in [7, 11) is 0. The van der Waals surface area contributed by atoms with Crippen molar-refractivity contribution in [1.29, 1.82) is 0 Å². The fourth-order valence-corrected chi connectivity index (χ4v) is 5.01. The minimum absolute atomic E-state index is 0.0178. The molecule has 0 saturated heterocycles. The van der Waals surface area contributed by atoms with Gasteiger partial charge in [-0.3, -0.25) is 4.79 Å². The van der Waals surface area contributed by atoms with Gasteiger partial charge in [-0.1, -0.05) is 84.3 Å². The highest BCUT2D eigenvalue weighted by atomic mass is 16.3. The highest BCUT2D eigenvalue weighted by molar-refractivity contribution is 6.01. The summed E-state index contributed by atoms with van der Waals surface area (Å²) in [5, 5.41) is 20.7. The highest BCUT2D eigenvalue weighted by Crippen LogP contribution is 2.37. The number of rotatable bonds is 17. The van der Waals surface area contributed by atoms with Crippen LogP contribution in [0.3, 0.4) is 0 Å². The van der Waals surface area contributed by atoms with Gasteiger partial charge in [0, 0.05) is 12.0 Å². The molecule has 0 saturated carbocycles. The van der Waals surface area contributed by atoms with Crippen LogP contribution in [-0.2, 0) is 0 Å². The van der Waals surface area contributed by atoms with E-state index >= 15 is 0 Å². The zero-order chi connectivity index (χ0) is 26.5. The Balaban J connectivity index is 2.28. The van der Waals surface area contributed by atoms with Gasteiger partial charge < -0.3 is 10.2 Å². The standard InChI is InChI=1S/C32H54O3/c1-22(2)14-11-16-24(4)18-13-20-25(5)19-12-17-23(3)15-9-10-21-29(33)30-28(8)31(34)26(6)27(7)32(30)35/h15,22,24-25,34-35H,9-14,16-21H2,1-8H3/b23-15+. The topological polar surface area (TPSA) is 57.5 Å². The number of Topliss-reactive ketones (excluding diaryl/α,β-unsaturated/α-hetero) is 1. The van der Waals surface area contributed by atoms with Crippen LogP contribution in [-0.4, -0.2) is 16.0 Å². The Labute approximate surface area is 216 Å². The normalized spacial score (nSPS) is 13.9. The van der Waals surface area contributed by atoms with Crippen LogP contribution in [0.15, 0.2) is 11.6 Å². The lowest BCUT2D eigenvalue weighted by molar-refractivity contribution is 0.0976. The molecule has 0 bridgehead atoms. The third-order valence-corrected chi connectivity index (χ3v) is 7.76. The molecule has 0 aliphatic heterocycles. The predicted molar refractivity (Wildman–Crippen MR) is 151 cm³/mol. The van der Waals surface area contributed by atoms with E-state index in [4.69, 9.17) is 0 Å². The van der Waals surface area contributed by atoms with Crippen LogP contribution in [0.1, 0.15) is 139 Å². The molecule has 0 radical (unpaired) electrons. The Bertz CT molecular complexity index is 790. The lowest BCUT2D eigenvalue weighted by Gasteiger charge is -2.15. The van der Waals surface area contributed by atoms with Gasteiger partial charge in [0.2, 0.25) is 0 Å². The molecule has 0 aromatic heterocycles. The van der Waals surface area contributed by atoms with E-state index in [1.54, 1.807) is 20.8 Å². The number of aromatic hydroxyl groups is 2. The van der Waals surface area contributed by atoms with Crippen LogP contribution in [0.5, 0.6) is 11.5 Å². The van der Waals surface area contributed by atoms with Gasteiger partial charge in [0.15, 0.2) is 5.78 Å². The fourth-order valence-electron chi connectivity index (χ4n) is 5.01. The molecule has 1 rings (SSSR count). The van der Waals surface area contributed by atoms with Gasteiger partial charge in [-0.05, 0) is 82.3 Å². The average Bonchev–Trinajstić information content (AvgIpc) is 2.79. The minimum atomic E-state index is -0.0903. The van der Waals surface area contributed by atoms with Crippen molar-refractivity contribution in [2.45, 2.75) is 132 Å². The molecule has 0 amide bonds. The first-order valence-electron chi connectivity index (χ1n) is 14.2. The van der Waals surface area contributed by atoms with E-state index < -0.39 is 0 Å². The van der Waals surface area contributed by atoms with E-state index in [0.29, 0.717) is 23.1 Å². The molecule has 2 N–H and O–H groups in total. The maximum atomic E-state index is 12.7. The van der Waals surface area contributed by atoms with Crippen LogP contribution >= 0.6 is 0 Å². The van der Waals surface area contributed by atoms with E-state index in [0.717, 1.165) is 37.0 Å². The SMILES string of the molecule is C/C(=C\CCCC(=O)c1c(C)c(O)c(C)c(C)c1O)CCCC(C)CCCC(C)CCCC(C)C. The summed E-state index contributed by atoms with van der Waals surface area (Å²) in [6.45, 7) is 16.9. The third-order valence-electron chi connectivity index (χ3n) is 7.76. The van der Waals surface area contributed by atoms with Crippen LogP contribution < -0.4 is 0 Å². The van der Waals surface area contributed by atoms with Crippen LogP contribution in [0, 0.1) is 38.5 Å². The second-order valence-electron chi connectivity index (χ2n) is 11.7. The van der Waals surface area contributed by atoms with Crippen molar-refractivity contribution in [3.8, 4) is 11.5 Å². The molecule has 0 fully saturated rings. The summed E-state index contributed by atoms with van der Waals surface area (Å²) in [6, 6.07) is 0. The van der Waals surface area contributed by atoms with Crippen LogP contribution in [0.4, 0.5) is 0 Å². The van der Waals surface area contributed by atoms with Crippen molar-refractivity contribution >= 4 is 5.78 Å². The molecule has 0 aliphatic rings. The second kappa shape index (κ2) is 16.1. The minimum Gasteiger partial charge on any atom is -0.507 e. The van der Waals surface area contributed by atoms with Crippen molar-refractivity contribution < 1.29 is 15.0 Å². The first kappa shape index (κ1) is 31.3. The van der Waals surface area contributed by atoms with Crippen molar-refractivity contribution in [2.24, 2.45) is 17.8 Å². The van der Waals surface area contributed by atoms with E-state index in [2.05, 4.69) is 40.7 Å². The lowest BCUT2D eigenvalue weighted by atomic mass is 9.91. The van der Waals surface area contributed by atoms with E-state index in [1.165, 1.54) is 56.9 Å². The van der Waals surface area contributed by atoms with E-state index in [-0.39, 0.29) is 22.8 Å². The summed E-state index contributed by atoms with van der Waals surface area (Å²) < 4.78 is 0. The quantitative estimate of drug-likeness (QED) is 0.0996. The largest absolute Gasteiger partial charge is 0.507 e. The monoisotopic (exact) mass is 486 g/mol. The van der Waals surface area contributed by atoms with Crippen molar-refractivity contribution in [3.05, 3.63) is 33.9 Å². The number of phenols is 2. The predicted octanol–water partition coefficient (Wildman–Crippen LogP) is 9.76. The molecule has 2 unspecified atom stereocenters. The third kappa shape index (κ3) is 11.2. The summed E-state index contributed by atoms with van der Waals surface area (Å²) in [5.74, 6) is 2.54. The number of hydrogen-bond donors (Lipinski definition) is 2. The fraction of sp³-hybridized carbons (Fsp3) is 0.719. The van der Waals surface area contributed by atoms with Gasteiger partial charge in [-0.25, -0.2) is 0 Å². The number of allylic oxidation sites excluding steroid dienone is 2. The number of ketones is 1. The molecule has 3 heteroatoms. The van der Waals surface area contributed by atoms with Crippen molar-refractivity contribution in [2.75, 3.05) is 0 Å². The molecule has 0 heterocycles. The van der Waals surface area contributed by atoms with Gasteiger partial charge in [0.1, 0.15) is 11.5 Å². The Hall–Kier alpha value is -1.77. The number of phenolic OH excluding ortho intramolecular Hbond substituents is 2. The molecule has 3 nitrogen and oxygen atoms in total. The molecule has 0 aliphatic carbocycles. The zero-order valence-corrected chi connectivity index (χ0v) is 24.1. The number of unbranched alkanes of at least 4 members (excludes halogenated alkanes) is 1. The van der Waals surface area contributed by atoms with E-state index in [9.17, 15) is 15.0 Å². The number of carbonyl (C=O) groups excluding carboxylic acids is 1. The summed E-state index contributed by atoms with van der Waals surface area (Å²) in [5.41, 5.74) is 3.39. The maximum absolute atomic E-state index is 12.7. The number of benzene rings is 1. The molecule has 35 heavy (non-hydrogen) atoms. The molecule has 200 valence electrons. The number of carbonyl (C=O) groups is 1. The maximum Gasteiger partial charge on any atom is 0.167 e. The number of hydrogen-bond acceptors (Lipinski definition) is 3. The molecule has 1 aromatic carbocycles. The summed E-state index contributed by atoms with van der Waals surface area (Å²) in [6.07, 6.45) is 16.2. The Morgan fingerprint density at radius 1 is 0.714 bits per heavy atom. The van der Waals surface area contributed by atoms with Crippen molar-refractivity contribution in [1.82, 2.24) is 0 Å². The van der Waals surface area contributed by atoms with Crippen LogP contribution in [0.2, 0.25) is 0 Å². The van der Waals surface area contributed by atoms with Crippen LogP contribution in [0.25, 0.3) is 0 Å². The van der Waals surface area contributed by atoms with Gasteiger partial charge in [-0.15, -0.1) is 0 Å². The van der Waals surface area contributed by atoms with E-state index in [1.807, 2.05) is 0 Å². The molecular formula is C32H54O3. The highest BCUT2D eigenvalue weighted by Gasteiger charge is 2.21. The average molecular weight is 487 g/mol. The summed E-state index contributed by atoms with van der Waals surface area (Å²) in [4.78, 5) is 12.7. The molecule has 1 aromatic rings. The first-order chi connectivity index (χ1) is 16.5.